The van der Waals surface area contributed by atoms with Crippen LogP contribution in [0.4, 0.5) is 4.39 Å². The quantitative estimate of drug-likeness (QED) is 0.759. The zero-order valence-corrected chi connectivity index (χ0v) is 12.5. The average molecular weight is 278 g/mol. The van der Waals surface area contributed by atoms with E-state index in [0.29, 0.717) is 12.2 Å². The van der Waals surface area contributed by atoms with E-state index in [0.717, 1.165) is 23.3 Å². The second-order valence-electron chi connectivity index (χ2n) is 4.79. The molecule has 5 heteroatoms. The lowest BCUT2D eigenvalue weighted by Crippen LogP contribution is -2.33. The number of hydrogen-bond donors (Lipinski definition) is 2. The van der Waals surface area contributed by atoms with Gasteiger partial charge in [0.05, 0.1) is 0 Å². The standard InChI is InChI=1S/C15H23FN4/c1-5-12(13-7-10(3)9-19-11(13)4)15(18-6-2)20-14(17)8-16/h5-6,8-10,15,20H,7,17H2,1-4H3/b12-5+,14-8+,18-6?/t10?,15-/m0/s1. The van der Waals surface area contributed by atoms with Gasteiger partial charge in [-0.25, -0.2) is 4.39 Å². The van der Waals surface area contributed by atoms with Crippen molar-refractivity contribution in [2.75, 3.05) is 0 Å². The van der Waals surface area contributed by atoms with Gasteiger partial charge in [-0.05, 0) is 50.5 Å². The normalized spacial score (nSPS) is 22.6. The number of hydrogen-bond acceptors (Lipinski definition) is 4. The Morgan fingerprint density at radius 1 is 1.60 bits per heavy atom. The molecular formula is C15H23FN4. The number of nitrogens with one attached hydrogen (secondary N) is 1. The number of halogens is 1. The Morgan fingerprint density at radius 2 is 2.30 bits per heavy atom. The topological polar surface area (TPSA) is 62.8 Å². The molecule has 1 aliphatic heterocycles. The Hall–Kier alpha value is -1.91. The molecular weight excluding hydrogens is 255 g/mol. The molecule has 0 aromatic carbocycles. The highest BCUT2D eigenvalue weighted by Gasteiger charge is 2.21. The van der Waals surface area contributed by atoms with Crippen LogP contribution >= 0.6 is 0 Å². The maximum atomic E-state index is 12.5. The average Bonchev–Trinajstić information content (AvgIpc) is 2.43. The van der Waals surface area contributed by atoms with Gasteiger partial charge in [-0.3, -0.25) is 9.98 Å². The van der Waals surface area contributed by atoms with E-state index in [4.69, 9.17) is 5.73 Å². The van der Waals surface area contributed by atoms with E-state index >= 15 is 0 Å². The summed E-state index contributed by atoms with van der Waals surface area (Å²) in [4.78, 5) is 8.76. The van der Waals surface area contributed by atoms with Crippen molar-refractivity contribution in [1.29, 1.82) is 0 Å². The molecule has 2 atom stereocenters. The fourth-order valence-electron chi connectivity index (χ4n) is 2.20. The van der Waals surface area contributed by atoms with Crippen LogP contribution in [0.5, 0.6) is 0 Å². The minimum Gasteiger partial charge on any atom is -0.384 e. The molecule has 0 aromatic heterocycles. The lowest BCUT2D eigenvalue weighted by atomic mass is 9.90. The van der Waals surface area contributed by atoms with Crippen LogP contribution in [-0.2, 0) is 0 Å². The molecule has 0 aromatic rings. The lowest BCUT2D eigenvalue weighted by Gasteiger charge is -2.25. The monoisotopic (exact) mass is 278 g/mol. The van der Waals surface area contributed by atoms with Gasteiger partial charge in [0, 0.05) is 11.9 Å². The molecule has 3 N–H and O–H groups in total. The number of nitrogens with zero attached hydrogens (tertiary/aromatic N) is 2. The molecule has 1 unspecified atom stereocenters. The summed E-state index contributed by atoms with van der Waals surface area (Å²) in [6, 6.07) is 0. The molecule has 0 aliphatic carbocycles. The van der Waals surface area contributed by atoms with E-state index in [9.17, 15) is 4.39 Å². The summed E-state index contributed by atoms with van der Waals surface area (Å²) < 4.78 is 12.5. The van der Waals surface area contributed by atoms with Crippen molar-refractivity contribution in [3.63, 3.8) is 0 Å². The molecule has 0 saturated carbocycles. The Bertz CT molecular complexity index is 486. The van der Waals surface area contributed by atoms with E-state index in [-0.39, 0.29) is 5.82 Å². The zero-order chi connectivity index (χ0) is 15.1. The van der Waals surface area contributed by atoms with Crippen LogP contribution in [0.25, 0.3) is 0 Å². The van der Waals surface area contributed by atoms with Gasteiger partial charge in [0.1, 0.15) is 18.3 Å². The van der Waals surface area contributed by atoms with E-state index in [1.54, 1.807) is 6.21 Å². The minimum absolute atomic E-state index is 0.0365. The maximum Gasteiger partial charge on any atom is 0.145 e. The van der Waals surface area contributed by atoms with Crippen LogP contribution in [0.1, 0.15) is 34.1 Å². The van der Waals surface area contributed by atoms with Gasteiger partial charge in [-0.2, -0.15) is 0 Å². The van der Waals surface area contributed by atoms with Gasteiger partial charge >= 0.3 is 0 Å². The van der Waals surface area contributed by atoms with E-state index in [2.05, 4.69) is 22.2 Å². The van der Waals surface area contributed by atoms with Gasteiger partial charge in [0.25, 0.3) is 0 Å². The van der Waals surface area contributed by atoms with Gasteiger partial charge in [-0.1, -0.05) is 13.0 Å². The molecule has 20 heavy (non-hydrogen) atoms. The van der Waals surface area contributed by atoms with Crippen molar-refractivity contribution in [2.24, 2.45) is 21.6 Å². The van der Waals surface area contributed by atoms with Crippen molar-refractivity contribution in [1.82, 2.24) is 5.32 Å². The lowest BCUT2D eigenvalue weighted by molar-refractivity contribution is 0.615. The number of allylic oxidation sites excluding steroid dienone is 2. The molecule has 1 aliphatic rings. The van der Waals surface area contributed by atoms with Crippen molar-refractivity contribution in [2.45, 2.75) is 40.3 Å². The third-order valence-corrected chi connectivity index (χ3v) is 3.16. The first-order valence-corrected chi connectivity index (χ1v) is 6.74. The number of aliphatic imine (C=N–C) groups is 2. The highest BCUT2D eigenvalue weighted by atomic mass is 19.1. The Kier molecular flexibility index (Phi) is 6.15. The molecule has 0 saturated heterocycles. The van der Waals surface area contributed by atoms with Crippen molar-refractivity contribution in [3.05, 3.63) is 35.1 Å². The van der Waals surface area contributed by atoms with Crippen LogP contribution in [0.3, 0.4) is 0 Å². The molecule has 0 amide bonds. The molecule has 0 spiro atoms. The first-order chi connectivity index (χ1) is 9.53. The van der Waals surface area contributed by atoms with E-state index in [1.807, 2.05) is 33.1 Å². The summed E-state index contributed by atoms with van der Waals surface area (Å²) in [5, 5.41) is 2.86. The van der Waals surface area contributed by atoms with Crippen LogP contribution in [-0.4, -0.2) is 18.6 Å². The zero-order valence-electron chi connectivity index (χ0n) is 12.5. The number of rotatable bonds is 5. The summed E-state index contributed by atoms with van der Waals surface area (Å²) in [5.74, 6) is 0.342. The second-order valence-corrected chi connectivity index (χ2v) is 4.79. The first-order valence-electron chi connectivity index (χ1n) is 6.74. The molecule has 0 bridgehead atoms. The van der Waals surface area contributed by atoms with Gasteiger partial charge < -0.3 is 11.1 Å². The summed E-state index contributed by atoms with van der Waals surface area (Å²) in [6.07, 6.45) is 6.44. The second kappa shape index (κ2) is 7.62. The fraction of sp³-hybridized carbons (Fsp3) is 0.467. The van der Waals surface area contributed by atoms with Crippen LogP contribution in [0.2, 0.25) is 0 Å². The maximum absolute atomic E-state index is 12.5. The van der Waals surface area contributed by atoms with Gasteiger partial charge in [-0.15, -0.1) is 0 Å². The van der Waals surface area contributed by atoms with Crippen LogP contribution in [0, 0.1) is 5.92 Å². The molecule has 1 rings (SSSR count). The van der Waals surface area contributed by atoms with Crippen LogP contribution in [0.15, 0.2) is 45.1 Å². The fourth-order valence-corrected chi connectivity index (χ4v) is 2.20. The largest absolute Gasteiger partial charge is 0.384 e. The van der Waals surface area contributed by atoms with Gasteiger partial charge in [0.2, 0.25) is 0 Å². The minimum atomic E-state index is -0.401. The highest BCUT2D eigenvalue weighted by molar-refractivity contribution is 5.66. The Morgan fingerprint density at radius 3 is 2.85 bits per heavy atom. The van der Waals surface area contributed by atoms with Gasteiger partial charge in [0.15, 0.2) is 0 Å². The third-order valence-electron chi connectivity index (χ3n) is 3.16. The van der Waals surface area contributed by atoms with Crippen molar-refractivity contribution in [3.8, 4) is 0 Å². The first kappa shape index (κ1) is 16.1. The Labute approximate surface area is 120 Å². The molecule has 0 radical (unpaired) electrons. The summed E-state index contributed by atoms with van der Waals surface area (Å²) in [5.41, 5.74) is 8.60. The smallest absolute Gasteiger partial charge is 0.145 e. The van der Waals surface area contributed by atoms with Crippen molar-refractivity contribution < 1.29 is 4.39 Å². The van der Waals surface area contributed by atoms with E-state index in [1.165, 1.54) is 0 Å². The summed E-state index contributed by atoms with van der Waals surface area (Å²) in [7, 11) is 0. The number of nitrogens with two attached hydrogens (primary N) is 1. The molecule has 1 heterocycles. The van der Waals surface area contributed by atoms with Crippen LogP contribution < -0.4 is 11.1 Å². The predicted molar refractivity (Wildman–Crippen MR) is 83.2 cm³/mol. The molecule has 4 nitrogen and oxygen atoms in total. The SMILES string of the molecule is CC=N[C@@H](N/C(N)=C/F)/C(=C/C)C1=C(C)N=CC(C)C1. The third kappa shape index (κ3) is 4.05. The molecule has 0 fully saturated rings. The Balaban J connectivity index is 3.12. The van der Waals surface area contributed by atoms with E-state index < -0.39 is 6.17 Å². The molecule has 110 valence electrons. The predicted octanol–water partition coefficient (Wildman–Crippen LogP) is 3.05. The summed E-state index contributed by atoms with van der Waals surface area (Å²) in [6.45, 7) is 7.85. The van der Waals surface area contributed by atoms with Crippen molar-refractivity contribution >= 4 is 12.4 Å². The highest BCUT2D eigenvalue weighted by Crippen LogP contribution is 2.29. The summed E-state index contributed by atoms with van der Waals surface area (Å²) >= 11 is 0.